The number of aliphatic hydroxyl groups is 1. The maximum Gasteiger partial charge on any atom is 0.306 e. The Bertz CT molecular complexity index is 370. The van der Waals surface area contributed by atoms with Gasteiger partial charge < -0.3 is 19.3 Å². The van der Waals surface area contributed by atoms with E-state index in [1.54, 1.807) is 20.8 Å². The summed E-state index contributed by atoms with van der Waals surface area (Å²) >= 11 is 0. The minimum Gasteiger partial charge on any atom is -0.463 e. The third kappa shape index (κ3) is 12.8. The smallest absolute Gasteiger partial charge is 0.306 e. The molecule has 1 atom stereocenters. The molecule has 0 aliphatic heterocycles. The highest BCUT2D eigenvalue weighted by molar-refractivity contribution is 5.89. The number of Topliss-reactive ketones (excluding diaryl/α,β-unsaturated/α-hetero) is 1. The number of ketones is 1. The molecule has 0 saturated heterocycles. The average Bonchev–Trinajstić information content (AvgIpc) is 2.52. The molecule has 6 nitrogen and oxygen atoms in total. The van der Waals surface area contributed by atoms with Crippen LogP contribution in [0.3, 0.4) is 0 Å². The largest absolute Gasteiger partial charge is 0.463 e. The van der Waals surface area contributed by atoms with E-state index in [0.29, 0.717) is 6.61 Å². The third-order valence-electron chi connectivity index (χ3n) is 2.67. The lowest BCUT2D eigenvalue weighted by atomic mass is 9.99. The van der Waals surface area contributed by atoms with Gasteiger partial charge in [-0.1, -0.05) is 19.8 Å². The number of rotatable bonds is 11. The van der Waals surface area contributed by atoms with Gasteiger partial charge in [-0.3, -0.25) is 9.59 Å². The summed E-state index contributed by atoms with van der Waals surface area (Å²) in [6.45, 7) is 9.44. The van der Waals surface area contributed by atoms with E-state index in [2.05, 4.69) is 5.92 Å². The van der Waals surface area contributed by atoms with Crippen LogP contribution in [-0.4, -0.2) is 55.0 Å². The maximum absolute atomic E-state index is 11.9. The molecule has 6 heteroatoms. The Balaban J connectivity index is 0. The first-order valence-corrected chi connectivity index (χ1v) is 7.85. The van der Waals surface area contributed by atoms with E-state index in [1.807, 2.05) is 13.8 Å². The molecule has 0 radical (unpaired) electrons. The van der Waals surface area contributed by atoms with Gasteiger partial charge in [0.1, 0.15) is 24.9 Å². The molecule has 0 amide bonds. The Morgan fingerprint density at radius 2 is 1.83 bits per heavy atom. The van der Waals surface area contributed by atoms with E-state index >= 15 is 0 Å². The number of ether oxygens (including phenoxy) is 3. The molecule has 0 aliphatic rings. The van der Waals surface area contributed by atoms with Crippen LogP contribution in [0.4, 0.5) is 0 Å². The summed E-state index contributed by atoms with van der Waals surface area (Å²) in [5, 5.41) is 9.44. The highest BCUT2D eigenvalue weighted by atomic mass is 16.5. The highest BCUT2D eigenvalue weighted by Crippen LogP contribution is 2.14. The second kappa shape index (κ2) is 14.2. The zero-order chi connectivity index (χ0) is 18.3. The zero-order valence-corrected chi connectivity index (χ0v) is 14.9. The first-order chi connectivity index (χ1) is 10.8. The van der Waals surface area contributed by atoms with Gasteiger partial charge in [-0.25, -0.2) is 0 Å². The minimum absolute atomic E-state index is 0.00617. The predicted octanol–water partition coefficient (Wildman–Crippen LogP) is 1.73. The molecule has 0 fully saturated rings. The molecule has 0 aromatic rings. The zero-order valence-electron chi connectivity index (χ0n) is 14.9. The van der Waals surface area contributed by atoms with Gasteiger partial charge in [0.05, 0.1) is 13.0 Å². The fourth-order valence-electron chi connectivity index (χ4n) is 1.52. The van der Waals surface area contributed by atoms with Gasteiger partial charge in [-0.15, -0.1) is 6.42 Å². The lowest BCUT2D eigenvalue weighted by Gasteiger charge is -2.22. The Hall–Kier alpha value is -1.42. The van der Waals surface area contributed by atoms with Crippen LogP contribution in [-0.2, 0) is 23.8 Å². The topological polar surface area (TPSA) is 82.1 Å². The summed E-state index contributed by atoms with van der Waals surface area (Å²) in [4.78, 5) is 23.3. The Kier molecular flexibility index (Phi) is 14.7. The standard InChI is InChI=1S/C15H24O6.C2H6/c1-5-9-19-10-12(16)11-20-14(18)8-7-13(17)15(3,4)21-6-2;1-2/h1,12,16H,6-11H2,2-4H3;1-2H3. The van der Waals surface area contributed by atoms with Crippen LogP contribution in [0.5, 0.6) is 0 Å². The van der Waals surface area contributed by atoms with E-state index in [0.717, 1.165) is 0 Å². The molecule has 0 spiro atoms. The average molecular weight is 330 g/mol. The molecule has 0 heterocycles. The number of hydrogen-bond acceptors (Lipinski definition) is 6. The van der Waals surface area contributed by atoms with Crippen LogP contribution in [0.15, 0.2) is 0 Å². The summed E-state index contributed by atoms with van der Waals surface area (Å²) in [5.41, 5.74) is -0.905. The second-order valence-electron chi connectivity index (χ2n) is 4.92. The summed E-state index contributed by atoms with van der Waals surface area (Å²) < 4.78 is 15.0. The van der Waals surface area contributed by atoms with Crippen molar-refractivity contribution in [3.8, 4) is 12.3 Å². The van der Waals surface area contributed by atoms with Crippen LogP contribution >= 0.6 is 0 Å². The van der Waals surface area contributed by atoms with Gasteiger partial charge in [0, 0.05) is 13.0 Å². The SMILES string of the molecule is C#CCOCC(O)COC(=O)CCC(=O)C(C)(C)OCC.CC. The van der Waals surface area contributed by atoms with Crippen LogP contribution in [0.2, 0.25) is 0 Å². The van der Waals surface area contributed by atoms with Crippen molar-refractivity contribution in [3.05, 3.63) is 0 Å². The van der Waals surface area contributed by atoms with Crippen LogP contribution in [0.25, 0.3) is 0 Å². The summed E-state index contributed by atoms with van der Waals surface area (Å²) in [7, 11) is 0. The van der Waals surface area contributed by atoms with Crippen LogP contribution in [0.1, 0.15) is 47.5 Å². The van der Waals surface area contributed by atoms with Crippen molar-refractivity contribution >= 4 is 11.8 Å². The molecule has 0 rings (SSSR count). The van der Waals surface area contributed by atoms with Crippen LogP contribution < -0.4 is 0 Å². The number of esters is 1. The number of terminal acetylenes is 1. The molecule has 134 valence electrons. The van der Waals surface area contributed by atoms with E-state index in [4.69, 9.17) is 20.6 Å². The first-order valence-electron chi connectivity index (χ1n) is 7.85. The molecule has 0 aromatic heterocycles. The van der Waals surface area contributed by atoms with Crippen molar-refractivity contribution < 1.29 is 28.9 Å². The number of carbonyl (C=O) groups is 2. The van der Waals surface area contributed by atoms with Crippen molar-refractivity contribution in [1.82, 2.24) is 0 Å². The Morgan fingerprint density at radius 1 is 1.22 bits per heavy atom. The molecular formula is C17H30O6. The Labute approximate surface area is 139 Å². The summed E-state index contributed by atoms with van der Waals surface area (Å²) in [5.74, 6) is 1.54. The molecule has 0 aliphatic carbocycles. The molecule has 0 aromatic carbocycles. The lowest BCUT2D eigenvalue weighted by Crippen LogP contribution is -2.35. The van der Waals surface area contributed by atoms with Gasteiger partial charge in [-0.05, 0) is 20.8 Å². The Morgan fingerprint density at radius 3 is 2.35 bits per heavy atom. The highest BCUT2D eigenvalue weighted by Gasteiger charge is 2.27. The van der Waals surface area contributed by atoms with Crippen LogP contribution in [0, 0.1) is 12.3 Å². The van der Waals surface area contributed by atoms with Crippen molar-refractivity contribution in [2.24, 2.45) is 0 Å². The first kappa shape index (κ1) is 23.8. The lowest BCUT2D eigenvalue weighted by molar-refractivity contribution is -0.150. The molecule has 23 heavy (non-hydrogen) atoms. The number of aliphatic hydroxyl groups excluding tert-OH is 1. The van der Waals surface area contributed by atoms with Crippen molar-refractivity contribution in [1.29, 1.82) is 0 Å². The maximum atomic E-state index is 11.9. The van der Waals surface area contributed by atoms with Gasteiger partial charge >= 0.3 is 5.97 Å². The predicted molar refractivity (Wildman–Crippen MR) is 87.9 cm³/mol. The van der Waals surface area contributed by atoms with E-state index < -0.39 is 17.7 Å². The van der Waals surface area contributed by atoms with E-state index in [1.165, 1.54) is 0 Å². The second-order valence-corrected chi connectivity index (χ2v) is 4.92. The summed E-state index contributed by atoms with van der Waals surface area (Å²) in [6, 6.07) is 0. The van der Waals surface area contributed by atoms with Crippen molar-refractivity contribution in [2.75, 3.05) is 26.4 Å². The van der Waals surface area contributed by atoms with Gasteiger partial charge in [-0.2, -0.15) is 0 Å². The van der Waals surface area contributed by atoms with Gasteiger partial charge in [0.15, 0.2) is 5.78 Å². The molecule has 1 N–H and O–H groups in total. The number of carbonyl (C=O) groups excluding carboxylic acids is 2. The third-order valence-corrected chi connectivity index (χ3v) is 2.67. The number of hydrogen-bond donors (Lipinski definition) is 1. The molecule has 0 bridgehead atoms. The fraction of sp³-hybridized carbons (Fsp3) is 0.765. The molecule has 0 saturated carbocycles. The summed E-state index contributed by atoms with van der Waals surface area (Å²) in [6.07, 6.45) is 4.03. The quantitative estimate of drug-likeness (QED) is 0.353. The molecular weight excluding hydrogens is 300 g/mol. The monoisotopic (exact) mass is 330 g/mol. The van der Waals surface area contributed by atoms with E-state index in [-0.39, 0.29) is 38.4 Å². The van der Waals surface area contributed by atoms with E-state index in [9.17, 15) is 14.7 Å². The molecule has 1 unspecified atom stereocenters. The van der Waals surface area contributed by atoms with Gasteiger partial charge in [0.25, 0.3) is 0 Å². The van der Waals surface area contributed by atoms with Crippen molar-refractivity contribution in [3.63, 3.8) is 0 Å². The normalized spacial score (nSPS) is 11.7. The fourth-order valence-corrected chi connectivity index (χ4v) is 1.52. The van der Waals surface area contributed by atoms with Crippen molar-refractivity contribution in [2.45, 2.75) is 59.2 Å². The van der Waals surface area contributed by atoms with Gasteiger partial charge in [0.2, 0.25) is 0 Å². The minimum atomic E-state index is -0.933.